The Morgan fingerprint density at radius 3 is 3.05 bits per heavy atom. The fourth-order valence-corrected chi connectivity index (χ4v) is 3.97. The van der Waals surface area contributed by atoms with Crippen LogP contribution < -0.4 is 5.32 Å². The van der Waals surface area contributed by atoms with Gasteiger partial charge < -0.3 is 10.1 Å². The lowest BCUT2D eigenvalue weighted by Gasteiger charge is -2.30. The van der Waals surface area contributed by atoms with Gasteiger partial charge in [0.1, 0.15) is 0 Å². The summed E-state index contributed by atoms with van der Waals surface area (Å²) in [7, 11) is 0. The zero-order valence-corrected chi connectivity index (χ0v) is 13.5. The van der Waals surface area contributed by atoms with Crippen molar-refractivity contribution in [1.82, 2.24) is 10.3 Å². The monoisotopic (exact) mass is 304 g/mol. The predicted octanol–water partition coefficient (Wildman–Crippen LogP) is 3.78. The number of hydrogen-bond acceptors (Lipinski definition) is 4. The Morgan fingerprint density at radius 2 is 2.29 bits per heavy atom. The zero-order chi connectivity index (χ0) is 14.5. The molecule has 114 valence electrons. The molecule has 2 unspecified atom stereocenters. The number of ether oxygens (including phenoxy) is 1. The standard InChI is InChI=1S/C17H24N2OS/c1-2-10-18-14(15-8-5-6-11-20-15)12-17-19-13-7-3-4-9-16(13)21-17/h3-4,7,9,14-15,18H,2,5-6,8,10-12H2,1H3. The molecule has 1 aromatic carbocycles. The molecule has 1 aliphatic rings. The second-order valence-electron chi connectivity index (χ2n) is 5.75. The Hall–Kier alpha value is -0.970. The number of para-hydroxylation sites is 1. The third-order valence-corrected chi connectivity index (χ3v) is 5.11. The predicted molar refractivity (Wildman–Crippen MR) is 89.0 cm³/mol. The highest BCUT2D eigenvalue weighted by Gasteiger charge is 2.25. The summed E-state index contributed by atoms with van der Waals surface area (Å²) in [5.41, 5.74) is 1.12. The van der Waals surface area contributed by atoms with E-state index in [1.807, 2.05) is 11.3 Å². The maximum Gasteiger partial charge on any atom is 0.0955 e. The van der Waals surface area contributed by atoms with Crippen molar-refractivity contribution in [1.29, 1.82) is 0 Å². The lowest BCUT2D eigenvalue weighted by molar-refractivity contribution is -0.00737. The molecule has 1 saturated heterocycles. The molecule has 1 fully saturated rings. The van der Waals surface area contributed by atoms with Gasteiger partial charge in [0.2, 0.25) is 0 Å². The van der Waals surface area contributed by atoms with Crippen LogP contribution >= 0.6 is 11.3 Å². The number of hydrogen-bond donors (Lipinski definition) is 1. The number of fused-ring (bicyclic) bond motifs is 1. The summed E-state index contributed by atoms with van der Waals surface area (Å²) in [5.74, 6) is 0. The number of nitrogens with zero attached hydrogens (tertiary/aromatic N) is 1. The van der Waals surface area contributed by atoms with E-state index in [4.69, 9.17) is 9.72 Å². The molecule has 21 heavy (non-hydrogen) atoms. The Kier molecular flexibility index (Phi) is 5.22. The van der Waals surface area contributed by atoms with Crippen LogP contribution in [-0.4, -0.2) is 30.3 Å². The van der Waals surface area contributed by atoms with E-state index in [9.17, 15) is 0 Å². The lowest BCUT2D eigenvalue weighted by atomic mass is 9.99. The molecule has 3 rings (SSSR count). The lowest BCUT2D eigenvalue weighted by Crippen LogP contribution is -2.44. The van der Waals surface area contributed by atoms with Crippen molar-refractivity contribution in [2.45, 2.75) is 51.2 Å². The highest BCUT2D eigenvalue weighted by atomic mass is 32.1. The van der Waals surface area contributed by atoms with Crippen LogP contribution in [0.5, 0.6) is 0 Å². The fraction of sp³-hybridized carbons (Fsp3) is 0.588. The van der Waals surface area contributed by atoms with E-state index in [1.54, 1.807) is 0 Å². The Labute approximate surface area is 130 Å². The summed E-state index contributed by atoms with van der Waals surface area (Å²) < 4.78 is 7.28. The molecular weight excluding hydrogens is 280 g/mol. The highest BCUT2D eigenvalue weighted by molar-refractivity contribution is 7.18. The molecule has 4 heteroatoms. The SMILES string of the molecule is CCCNC(Cc1nc2ccccc2s1)C1CCCCO1. The first-order valence-electron chi connectivity index (χ1n) is 8.06. The first kappa shape index (κ1) is 14.9. The summed E-state index contributed by atoms with van der Waals surface area (Å²) in [6.45, 7) is 4.17. The van der Waals surface area contributed by atoms with Gasteiger partial charge in [-0.2, -0.15) is 0 Å². The maximum absolute atomic E-state index is 6.00. The second-order valence-corrected chi connectivity index (χ2v) is 6.86. The zero-order valence-electron chi connectivity index (χ0n) is 12.7. The molecule has 1 aromatic heterocycles. The van der Waals surface area contributed by atoms with Gasteiger partial charge in [-0.1, -0.05) is 19.1 Å². The minimum atomic E-state index is 0.345. The summed E-state index contributed by atoms with van der Waals surface area (Å²) in [6.07, 6.45) is 6.14. The molecule has 2 heterocycles. The molecule has 1 aliphatic heterocycles. The van der Waals surface area contributed by atoms with Crippen molar-refractivity contribution >= 4 is 21.6 Å². The van der Waals surface area contributed by atoms with Gasteiger partial charge in [0.05, 0.1) is 21.3 Å². The van der Waals surface area contributed by atoms with Gasteiger partial charge in [-0.25, -0.2) is 4.98 Å². The molecule has 2 aromatic rings. The van der Waals surface area contributed by atoms with E-state index >= 15 is 0 Å². The smallest absolute Gasteiger partial charge is 0.0955 e. The van der Waals surface area contributed by atoms with Gasteiger partial charge in [0.15, 0.2) is 0 Å². The van der Waals surface area contributed by atoms with Gasteiger partial charge in [0.25, 0.3) is 0 Å². The highest BCUT2D eigenvalue weighted by Crippen LogP contribution is 2.25. The molecule has 0 aliphatic carbocycles. The van der Waals surface area contributed by atoms with E-state index in [-0.39, 0.29) is 0 Å². The molecule has 0 bridgehead atoms. The van der Waals surface area contributed by atoms with Crippen LogP contribution in [0.1, 0.15) is 37.6 Å². The van der Waals surface area contributed by atoms with Crippen LogP contribution in [0, 0.1) is 0 Å². The second kappa shape index (κ2) is 7.34. The third kappa shape index (κ3) is 3.82. The number of rotatable bonds is 6. The fourth-order valence-electron chi connectivity index (χ4n) is 2.94. The number of aromatic nitrogens is 1. The Bertz CT molecular complexity index is 530. The Morgan fingerprint density at radius 1 is 1.38 bits per heavy atom. The first-order valence-corrected chi connectivity index (χ1v) is 8.88. The molecule has 3 nitrogen and oxygen atoms in total. The number of nitrogens with one attached hydrogen (secondary N) is 1. The minimum Gasteiger partial charge on any atom is -0.377 e. The van der Waals surface area contributed by atoms with Crippen LogP contribution in [0.25, 0.3) is 10.2 Å². The average Bonchev–Trinajstić information content (AvgIpc) is 2.94. The van der Waals surface area contributed by atoms with Crippen molar-refractivity contribution < 1.29 is 4.74 Å². The molecule has 1 N–H and O–H groups in total. The summed E-state index contributed by atoms with van der Waals surface area (Å²) in [6, 6.07) is 8.79. The molecule has 0 saturated carbocycles. The normalized spacial score (nSPS) is 20.7. The number of thiazole rings is 1. The van der Waals surface area contributed by atoms with Crippen LogP contribution in [0.15, 0.2) is 24.3 Å². The largest absolute Gasteiger partial charge is 0.377 e. The molecule has 2 atom stereocenters. The number of benzene rings is 1. The van der Waals surface area contributed by atoms with Crippen molar-refractivity contribution in [3.63, 3.8) is 0 Å². The summed E-state index contributed by atoms with van der Waals surface area (Å²) in [4.78, 5) is 4.78. The average molecular weight is 304 g/mol. The van der Waals surface area contributed by atoms with E-state index < -0.39 is 0 Å². The minimum absolute atomic E-state index is 0.345. The van der Waals surface area contributed by atoms with Crippen molar-refractivity contribution in [3.05, 3.63) is 29.3 Å². The third-order valence-electron chi connectivity index (χ3n) is 4.05. The molecular formula is C17H24N2OS. The van der Waals surface area contributed by atoms with E-state index in [0.717, 1.165) is 31.5 Å². The van der Waals surface area contributed by atoms with Crippen LogP contribution in [0.3, 0.4) is 0 Å². The summed E-state index contributed by atoms with van der Waals surface area (Å²) in [5, 5.41) is 4.89. The van der Waals surface area contributed by atoms with Crippen LogP contribution in [0.4, 0.5) is 0 Å². The van der Waals surface area contributed by atoms with E-state index in [2.05, 4.69) is 36.5 Å². The van der Waals surface area contributed by atoms with Crippen molar-refractivity contribution in [3.8, 4) is 0 Å². The van der Waals surface area contributed by atoms with E-state index in [1.165, 1.54) is 29.0 Å². The Balaban J connectivity index is 1.72. The van der Waals surface area contributed by atoms with Crippen LogP contribution in [-0.2, 0) is 11.2 Å². The van der Waals surface area contributed by atoms with Crippen molar-refractivity contribution in [2.75, 3.05) is 13.2 Å². The van der Waals surface area contributed by atoms with Gasteiger partial charge in [-0.05, 0) is 44.4 Å². The molecule has 0 amide bonds. The van der Waals surface area contributed by atoms with Crippen molar-refractivity contribution in [2.24, 2.45) is 0 Å². The van der Waals surface area contributed by atoms with Crippen LogP contribution in [0.2, 0.25) is 0 Å². The molecule has 0 spiro atoms. The van der Waals surface area contributed by atoms with Gasteiger partial charge in [0, 0.05) is 19.1 Å². The van der Waals surface area contributed by atoms with Gasteiger partial charge in [-0.3, -0.25) is 0 Å². The van der Waals surface area contributed by atoms with E-state index in [0.29, 0.717) is 12.1 Å². The molecule has 0 radical (unpaired) electrons. The van der Waals surface area contributed by atoms with Gasteiger partial charge in [-0.15, -0.1) is 11.3 Å². The maximum atomic E-state index is 6.00. The quantitative estimate of drug-likeness (QED) is 0.882. The topological polar surface area (TPSA) is 34.2 Å². The first-order chi connectivity index (χ1) is 10.4. The van der Waals surface area contributed by atoms with Gasteiger partial charge >= 0.3 is 0 Å². The summed E-state index contributed by atoms with van der Waals surface area (Å²) >= 11 is 1.82.